The van der Waals surface area contributed by atoms with Gasteiger partial charge in [0.25, 0.3) is 0 Å². The Hall–Kier alpha value is -2.34. The lowest BCUT2D eigenvalue weighted by Crippen LogP contribution is -2.37. The van der Waals surface area contributed by atoms with Gasteiger partial charge in [0.1, 0.15) is 0 Å². The molecule has 6 heteroatoms. The summed E-state index contributed by atoms with van der Waals surface area (Å²) in [5.41, 5.74) is 8.62. The molecule has 0 radical (unpaired) electrons. The highest BCUT2D eigenvalue weighted by Gasteiger charge is 2.20. The summed E-state index contributed by atoms with van der Waals surface area (Å²) in [5.74, 6) is -0.129. The van der Waals surface area contributed by atoms with Gasteiger partial charge in [0.2, 0.25) is 5.91 Å². The summed E-state index contributed by atoms with van der Waals surface area (Å²) >= 11 is 1.48. The van der Waals surface area contributed by atoms with E-state index in [4.69, 9.17) is 5.73 Å². The molecule has 0 unspecified atom stereocenters. The number of carbonyl (C=O) groups is 2. The minimum Gasteiger partial charge on any atom is -0.352 e. The van der Waals surface area contributed by atoms with Gasteiger partial charge in [-0.25, -0.2) is 4.79 Å². The molecule has 0 bridgehead atoms. The Bertz CT molecular complexity index is 713. The largest absolute Gasteiger partial charge is 0.352 e. The number of rotatable bonds is 6. The Balaban J connectivity index is 2.05. The summed E-state index contributed by atoms with van der Waals surface area (Å²) in [6.07, 6.45) is 0.151. The van der Waals surface area contributed by atoms with E-state index in [1.165, 1.54) is 11.3 Å². The Morgan fingerprint density at radius 1 is 1.21 bits per heavy atom. The summed E-state index contributed by atoms with van der Waals surface area (Å²) in [4.78, 5) is 24.5. The van der Waals surface area contributed by atoms with Crippen molar-refractivity contribution in [2.45, 2.75) is 39.3 Å². The number of primary amides is 1. The number of carbonyl (C=O) groups excluding carboxylic acids is 2. The van der Waals surface area contributed by atoms with E-state index in [9.17, 15) is 9.59 Å². The molecule has 0 fully saturated rings. The molecule has 24 heavy (non-hydrogen) atoms. The Morgan fingerprint density at radius 3 is 2.58 bits per heavy atom. The zero-order valence-electron chi connectivity index (χ0n) is 14.1. The van der Waals surface area contributed by atoms with Gasteiger partial charge in [-0.15, -0.1) is 11.3 Å². The van der Waals surface area contributed by atoms with Crippen molar-refractivity contribution in [2.24, 2.45) is 5.73 Å². The second kappa shape index (κ2) is 7.97. The van der Waals surface area contributed by atoms with Crippen LogP contribution < -0.4 is 16.4 Å². The number of nitrogens with two attached hydrogens (primary N) is 1. The SMILES string of the molecule is Cc1ccc(C)c([C@H](C)NC(=O)C[C@@H](NC(N)=O)c2cccs2)c1. The first-order valence-corrected chi connectivity index (χ1v) is 8.70. The van der Waals surface area contributed by atoms with E-state index in [2.05, 4.69) is 28.8 Å². The van der Waals surface area contributed by atoms with Crippen LogP contribution in [0.1, 0.15) is 47.0 Å². The number of nitrogens with one attached hydrogen (secondary N) is 2. The highest BCUT2D eigenvalue weighted by atomic mass is 32.1. The predicted molar refractivity (Wildman–Crippen MR) is 96.9 cm³/mol. The van der Waals surface area contributed by atoms with Crippen LogP contribution in [0.4, 0.5) is 4.79 Å². The second-order valence-electron chi connectivity index (χ2n) is 5.93. The van der Waals surface area contributed by atoms with Gasteiger partial charge < -0.3 is 16.4 Å². The van der Waals surface area contributed by atoms with E-state index in [1.54, 1.807) is 0 Å². The first-order chi connectivity index (χ1) is 11.4. The molecular weight excluding hydrogens is 322 g/mol. The lowest BCUT2D eigenvalue weighted by Gasteiger charge is -2.20. The normalized spacial score (nSPS) is 13.1. The number of hydrogen-bond acceptors (Lipinski definition) is 3. The summed E-state index contributed by atoms with van der Waals surface area (Å²) in [7, 11) is 0. The second-order valence-corrected chi connectivity index (χ2v) is 6.91. The van der Waals surface area contributed by atoms with Crippen molar-refractivity contribution in [3.63, 3.8) is 0 Å². The van der Waals surface area contributed by atoms with Crippen LogP contribution in [0.5, 0.6) is 0 Å². The Morgan fingerprint density at radius 2 is 1.96 bits per heavy atom. The number of amides is 3. The third kappa shape index (κ3) is 4.83. The summed E-state index contributed by atoms with van der Waals surface area (Å²) in [6, 6.07) is 8.80. The maximum absolute atomic E-state index is 12.4. The van der Waals surface area contributed by atoms with E-state index in [0.29, 0.717) is 0 Å². The molecule has 0 aliphatic heterocycles. The van der Waals surface area contributed by atoms with Crippen molar-refractivity contribution in [2.75, 3.05) is 0 Å². The monoisotopic (exact) mass is 345 g/mol. The number of benzene rings is 1. The molecule has 5 nitrogen and oxygen atoms in total. The fourth-order valence-corrected chi connectivity index (χ4v) is 3.45. The van der Waals surface area contributed by atoms with Crippen LogP contribution in [0.3, 0.4) is 0 Å². The molecular formula is C18H23N3O2S. The zero-order chi connectivity index (χ0) is 17.7. The molecule has 128 valence electrons. The molecule has 0 aliphatic carbocycles. The molecule has 2 atom stereocenters. The highest BCUT2D eigenvalue weighted by molar-refractivity contribution is 7.10. The zero-order valence-corrected chi connectivity index (χ0v) is 14.9. The van der Waals surface area contributed by atoms with Gasteiger partial charge in [-0.05, 0) is 43.3 Å². The Kier molecular flexibility index (Phi) is 5.98. The molecule has 1 aromatic carbocycles. The van der Waals surface area contributed by atoms with Crippen molar-refractivity contribution in [1.82, 2.24) is 10.6 Å². The van der Waals surface area contributed by atoms with E-state index in [1.807, 2.05) is 38.3 Å². The lowest BCUT2D eigenvalue weighted by molar-refractivity contribution is -0.122. The molecule has 2 rings (SSSR count). The van der Waals surface area contributed by atoms with Crippen LogP contribution in [0, 0.1) is 13.8 Å². The van der Waals surface area contributed by atoms with E-state index < -0.39 is 12.1 Å². The maximum Gasteiger partial charge on any atom is 0.312 e. The number of hydrogen-bond donors (Lipinski definition) is 3. The number of thiophene rings is 1. The van der Waals surface area contributed by atoms with Gasteiger partial charge >= 0.3 is 6.03 Å². The van der Waals surface area contributed by atoms with Crippen LogP contribution in [0.25, 0.3) is 0 Å². The maximum atomic E-state index is 12.4. The van der Waals surface area contributed by atoms with E-state index >= 15 is 0 Å². The minimum absolute atomic E-state index is 0.102. The van der Waals surface area contributed by atoms with Gasteiger partial charge in [-0.3, -0.25) is 4.79 Å². The van der Waals surface area contributed by atoms with Crippen molar-refractivity contribution >= 4 is 23.3 Å². The molecule has 3 amide bonds. The molecule has 0 saturated heterocycles. The standard InChI is InChI=1S/C18H23N3O2S/c1-11-6-7-12(2)14(9-11)13(3)20-17(22)10-15(21-18(19)23)16-5-4-8-24-16/h4-9,13,15H,10H2,1-3H3,(H,20,22)(H3,19,21,23)/t13-,15+/m0/s1. The topological polar surface area (TPSA) is 84.2 Å². The fraction of sp³-hybridized carbons (Fsp3) is 0.333. The van der Waals surface area contributed by atoms with Gasteiger partial charge in [-0.2, -0.15) is 0 Å². The summed E-state index contributed by atoms with van der Waals surface area (Å²) < 4.78 is 0. The van der Waals surface area contributed by atoms with Gasteiger partial charge in [0.15, 0.2) is 0 Å². The molecule has 4 N–H and O–H groups in total. The van der Waals surface area contributed by atoms with Crippen LogP contribution in [-0.4, -0.2) is 11.9 Å². The fourth-order valence-electron chi connectivity index (χ4n) is 2.67. The highest BCUT2D eigenvalue weighted by Crippen LogP contribution is 2.23. The average Bonchev–Trinajstić information content (AvgIpc) is 3.02. The van der Waals surface area contributed by atoms with Gasteiger partial charge in [-0.1, -0.05) is 29.8 Å². The first-order valence-electron chi connectivity index (χ1n) is 7.82. The van der Waals surface area contributed by atoms with Crippen molar-refractivity contribution in [1.29, 1.82) is 0 Å². The third-order valence-electron chi connectivity index (χ3n) is 3.87. The van der Waals surface area contributed by atoms with Crippen molar-refractivity contribution < 1.29 is 9.59 Å². The minimum atomic E-state index is -0.635. The smallest absolute Gasteiger partial charge is 0.312 e. The molecule has 2 aromatic rings. The summed E-state index contributed by atoms with van der Waals surface area (Å²) in [6.45, 7) is 6.02. The number of aryl methyl sites for hydroxylation is 2. The van der Waals surface area contributed by atoms with Crippen molar-refractivity contribution in [3.05, 3.63) is 57.3 Å². The van der Waals surface area contributed by atoms with Crippen LogP contribution in [-0.2, 0) is 4.79 Å². The Labute approximate surface area is 146 Å². The van der Waals surface area contributed by atoms with E-state index in [0.717, 1.165) is 21.6 Å². The lowest BCUT2D eigenvalue weighted by atomic mass is 9.99. The quantitative estimate of drug-likeness (QED) is 0.750. The average molecular weight is 345 g/mol. The van der Waals surface area contributed by atoms with Gasteiger partial charge in [0.05, 0.1) is 18.5 Å². The first kappa shape index (κ1) is 18.0. The van der Waals surface area contributed by atoms with E-state index in [-0.39, 0.29) is 18.4 Å². The molecule has 0 saturated carbocycles. The van der Waals surface area contributed by atoms with Crippen LogP contribution in [0.15, 0.2) is 35.7 Å². The number of urea groups is 1. The van der Waals surface area contributed by atoms with Crippen molar-refractivity contribution in [3.8, 4) is 0 Å². The van der Waals surface area contributed by atoms with Crippen LogP contribution in [0.2, 0.25) is 0 Å². The van der Waals surface area contributed by atoms with Crippen LogP contribution >= 0.6 is 11.3 Å². The summed E-state index contributed by atoms with van der Waals surface area (Å²) in [5, 5.41) is 7.54. The molecule has 0 spiro atoms. The molecule has 1 aromatic heterocycles. The predicted octanol–water partition coefficient (Wildman–Crippen LogP) is 3.34. The third-order valence-corrected chi connectivity index (χ3v) is 4.86. The molecule has 0 aliphatic rings. The molecule has 1 heterocycles. The van der Waals surface area contributed by atoms with Gasteiger partial charge in [0, 0.05) is 4.88 Å².